The first-order valence-corrected chi connectivity index (χ1v) is 10.8. The Morgan fingerprint density at radius 1 is 1.33 bits per heavy atom. The van der Waals surface area contributed by atoms with Crippen molar-refractivity contribution in [3.05, 3.63) is 40.8 Å². The molecule has 1 atom stereocenters. The summed E-state index contributed by atoms with van der Waals surface area (Å²) in [6.45, 7) is 9.63. The lowest BCUT2D eigenvalue weighted by atomic mass is 9.75. The minimum atomic E-state index is -0.137. The average Bonchev–Trinajstić information content (AvgIpc) is 3.33. The summed E-state index contributed by atoms with van der Waals surface area (Å²) in [4.78, 5) is 29.8. The number of fused-ring (bicyclic) bond motifs is 1. The third-order valence-electron chi connectivity index (χ3n) is 5.70. The average molecular weight is 411 g/mol. The van der Waals surface area contributed by atoms with E-state index in [2.05, 4.69) is 38.0 Å². The maximum atomic E-state index is 13.0. The molecule has 2 aliphatic rings. The van der Waals surface area contributed by atoms with Crippen molar-refractivity contribution >= 4 is 11.7 Å². The van der Waals surface area contributed by atoms with Crippen LogP contribution in [0.4, 0.5) is 0 Å². The molecular weight excluding hydrogens is 380 g/mol. The van der Waals surface area contributed by atoms with Gasteiger partial charge in [0.25, 0.3) is 5.91 Å². The Kier molecular flexibility index (Phi) is 5.49. The molecule has 0 radical (unpaired) electrons. The van der Waals surface area contributed by atoms with Gasteiger partial charge in [0.1, 0.15) is 11.8 Å². The van der Waals surface area contributed by atoms with Gasteiger partial charge in [-0.05, 0) is 42.7 Å². The zero-order valence-electron chi connectivity index (χ0n) is 18.2. The standard InChI is InChI=1S/C23H30N4O3/c1-14(2)12-25-22(29)15-7-8-19(24-13-15)27-16-10-23(3,4)11-17(28)20(16)21(26-27)18-6-5-9-30-18/h7-8,13-14,18H,5-6,9-12H2,1-4H3,(H,25,29). The summed E-state index contributed by atoms with van der Waals surface area (Å²) in [7, 11) is 0. The van der Waals surface area contributed by atoms with E-state index in [0.717, 1.165) is 30.7 Å². The Balaban J connectivity index is 1.69. The van der Waals surface area contributed by atoms with E-state index in [1.807, 2.05) is 0 Å². The van der Waals surface area contributed by atoms with Crippen molar-refractivity contribution in [2.24, 2.45) is 11.3 Å². The molecule has 1 aliphatic heterocycles. The van der Waals surface area contributed by atoms with E-state index in [9.17, 15) is 9.59 Å². The van der Waals surface area contributed by atoms with E-state index in [1.165, 1.54) is 0 Å². The molecule has 1 fully saturated rings. The van der Waals surface area contributed by atoms with Crippen LogP contribution < -0.4 is 5.32 Å². The fourth-order valence-corrected chi connectivity index (χ4v) is 4.23. The molecule has 1 aliphatic carbocycles. The van der Waals surface area contributed by atoms with Crippen molar-refractivity contribution in [3.8, 4) is 5.82 Å². The van der Waals surface area contributed by atoms with Crippen LogP contribution in [0.3, 0.4) is 0 Å². The number of nitrogens with zero attached hydrogens (tertiary/aromatic N) is 3. The van der Waals surface area contributed by atoms with Gasteiger partial charge in [0.2, 0.25) is 0 Å². The summed E-state index contributed by atoms with van der Waals surface area (Å²) in [5, 5.41) is 7.70. The van der Waals surface area contributed by atoms with Gasteiger partial charge >= 0.3 is 0 Å². The predicted octanol–water partition coefficient (Wildman–Crippen LogP) is 3.66. The van der Waals surface area contributed by atoms with Crippen LogP contribution in [-0.2, 0) is 11.2 Å². The molecule has 2 aromatic rings. The topological polar surface area (TPSA) is 86.1 Å². The van der Waals surface area contributed by atoms with E-state index in [0.29, 0.717) is 42.4 Å². The lowest BCUT2D eigenvalue weighted by Gasteiger charge is -2.29. The molecule has 1 N–H and O–H groups in total. The first-order valence-electron chi connectivity index (χ1n) is 10.8. The number of rotatable bonds is 5. The number of nitrogens with one attached hydrogen (secondary N) is 1. The molecule has 3 heterocycles. The third-order valence-corrected chi connectivity index (χ3v) is 5.70. The van der Waals surface area contributed by atoms with Crippen molar-refractivity contribution in [1.82, 2.24) is 20.1 Å². The molecule has 7 nitrogen and oxygen atoms in total. The molecule has 0 aromatic carbocycles. The Morgan fingerprint density at radius 3 is 2.77 bits per heavy atom. The lowest BCUT2D eigenvalue weighted by molar-refractivity contribution is 0.0884. The number of aromatic nitrogens is 3. The van der Waals surface area contributed by atoms with Gasteiger partial charge in [-0.2, -0.15) is 5.10 Å². The van der Waals surface area contributed by atoms with Crippen molar-refractivity contribution < 1.29 is 14.3 Å². The minimum Gasteiger partial charge on any atom is -0.372 e. The number of Topliss-reactive ketones (excluding diaryl/α,β-unsaturated/α-hetero) is 1. The van der Waals surface area contributed by atoms with E-state index in [-0.39, 0.29) is 23.2 Å². The zero-order valence-corrected chi connectivity index (χ0v) is 18.2. The van der Waals surface area contributed by atoms with Crippen LogP contribution in [-0.4, -0.2) is 39.6 Å². The molecule has 0 bridgehead atoms. The van der Waals surface area contributed by atoms with Gasteiger partial charge in [-0.25, -0.2) is 9.67 Å². The van der Waals surface area contributed by atoms with Crippen LogP contribution >= 0.6 is 0 Å². The first-order chi connectivity index (χ1) is 14.2. The van der Waals surface area contributed by atoms with Crippen molar-refractivity contribution in [2.45, 2.75) is 59.5 Å². The monoisotopic (exact) mass is 410 g/mol. The van der Waals surface area contributed by atoms with E-state index in [4.69, 9.17) is 9.84 Å². The quantitative estimate of drug-likeness (QED) is 0.813. The number of ketones is 1. The number of hydrogen-bond acceptors (Lipinski definition) is 5. The van der Waals surface area contributed by atoms with Crippen LogP contribution in [0.15, 0.2) is 18.3 Å². The summed E-state index contributed by atoms with van der Waals surface area (Å²) in [5.74, 6) is 0.986. The van der Waals surface area contributed by atoms with Crippen LogP contribution in [0.25, 0.3) is 5.82 Å². The fraction of sp³-hybridized carbons (Fsp3) is 0.565. The Morgan fingerprint density at radius 2 is 2.13 bits per heavy atom. The van der Waals surface area contributed by atoms with Gasteiger partial charge in [0.15, 0.2) is 11.6 Å². The van der Waals surface area contributed by atoms with Crippen LogP contribution in [0.5, 0.6) is 0 Å². The van der Waals surface area contributed by atoms with Crippen LogP contribution in [0, 0.1) is 11.3 Å². The maximum absolute atomic E-state index is 13.0. The Hall–Kier alpha value is -2.54. The highest BCUT2D eigenvalue weighted by Gasteiger charge is 2.39. The van der Waals surface area contributed by atoms with E-state index < -0.39 is 0 Å². The molecular formula is C23H30N4O3. The lowest BCUT2D eigenvalue weighted by Crippen LogP contribution is -2.29. The third kappa shape index (κ3) is 4.03. The molecule has 1 saturated heterocycles. The number of pyridine rings is 1. The summed E-state index contributed by atoms with van der Waals surface area (Å²) < 4.78 is 7.63. The number of amides is 1. The summed E-state index contributed by atoms with van der Waals surface area (Å²) in [6, 6.07) is 3.55. The summed E-state index contributed by atoms with van der Waals surface area (Å²) in [6.07, 6.45) is 4.54. The van der Waals surface area contributed by atoms with Gasteiger partial charge in [-0.15, -0.1) is 0 Å². The summed E-state index contributed by atoms with van der Waals surface area (Å²) in [5.41, 5.74) is 2.72. The smallest absolute Gasteiger partial charge is 0.252 e. The number of ether oxygens (including phenoxy) is 1. The largest absolute Gasteiger partial charge is 0.372 e. The Bertz CT molecular complexity index is 954. The molecule has 160 valence electrons. The molecule has 0 saturated carbocycles. The predicted molar refractivity (Wildman–Crippen MR) is 113 cm³/mol. The maximum Gasteiger partial charge on any atom is 0.252 e. The zero-order chi connectivity index (χ0) is 21.5. The fourth-order valence-electron chi connectivity index (χ4n) is 4.23. The molecule has 30 heavy (non-hydrogen) atoms. The normalized spacial score (nSPS) is 20.4. The minimum absolute atomic E-state index is 0.127. The molecule has 1 unspecified atom stereocenters. The molecule has 1 amide bonds. The van der Waals surface area contributed by atoms with Crippen molar-refractivity contribution in [3.63, 3.8) is 0 Å². The van der Waals surface area contributed by atoms with E-state index >= 15 is 0 Å². The molecule has 7 heteroatoms. The molecule has 2 aromatic heterocycles. The second-order valence-corrected chi connectivity index (χ2v) is 9.57. The SMILES string of the molecule is CC(C)CNC(=O)c1ccc(-n2nc(C3CCCO3)c3c2CC(C)(C)CC3=O)nc1. The highest BCUT2D eigenvalue weighted by Crippen LogP contribution is 2.40. The van der Waals surface area contributed by atoms with Gasteiger partial charge in [0.05, 0.1) is 16.8 Å². The first kappa shape index (κ1) is 20.7. The van der Waals surface area contributed by atoms with Crippen molar-refractivity contribution in [2.75, 3.05) is 13.2 Å². The van der Waals surface area contributed by atoms with Crippen LogP contribution in [0.2, 0.25) is 0 Å². The highest BCUT2D eigenvalue weighted by atomic mass is 16.5. The summed E-state index contributed by atoms with van der Waals surface area (Å²) >= 11 is 0. The van der Waals surface area contributed by atoms with Gasteiger partial charge < -0.3 is 10.1 Å². The highest BCUT2D eigenvalue weighted by molar-refractivity contribution is 6.00. The second-order valence-electron chi connectivity index (χ2n) is 9.57. The number of carbonyl (C=O) groups is 2. The molecule has 0 spiro atoms. The van der Waals surface area contributed by atoms with Gasteiger partial charge in [-0.3, -0.25) is 9.59 Å². The van der Waals surface area contributed by atoms with Crippen LogP contribution in [0.1, 0.15) is 85.2 Å². The van der Waals surface area contributed by atoms with Gasteiger partial charge in [-0.1, -0.05) is 27.7 Å². The van der Waals surface area contributed by atoms with Gasteiger partial charge in [0, 0.05) is 25.8 Å². The second kappa shape index (κ2) is 7.95. The Labute approximate surface area is 177 Å². The van der Waals surface area contributed by atoms with E-state index in [1.54, 1.807) is 23.0 Å². The molecule has 4 rings (SSSR count). The van der Waals surface area contributed by atoms with Crippen molar-refractivity contribution in [1.29, 1.82) is 0 Å². The number of carbonyl (C=O) groups excluding carboxylic acids is 2. The number of hydrogen-bond donors (Lipinski definition) is 1.